The lowest BCUT2D eigenvalue weighted by Gasteiger charge is -2.12. The van der Waals surface area contributed by atoms with Crippen LogP contribution >= 0.6 is 0 Å². The van der Waals surface area contributed by atoms with Crippen LogP contribution in [0.2, 0.25) is 0 Å². The molecule has 0 aliphatic heterocycles. The van der Waals surface area contributed by atoms with Gasteiger partial charge in [0.2, 0.25) is 0 Å². The number of carboxylic acid groups (broad SMARTS) is 1. The van der Waals surface area contributed by atoms with E-state index in [-0.39, 0.29) is 6.42 Å². The first-order valence-corrected chi connectivity index (χ1v) is 6.38. The van der Waals surface area contributed by atoms with Crippen LogP contribution in [0.25, 0.3) is 0 Å². The normalized spacial score (nSPS) is 11.3. The van der Waals surface area contributed by atoms with Crippen LogP contribution in [0.1, 0.15) is 18.9 Å². The molecule has 21 heavy (non-hydrogen) atoms. The second-order valence-electron chi connectivity index (χ2n) is 4.43. The molecule has 0 aromatic heterocycles. The zero-order chi connectivity index (χ0) is 15.8. The van der Waals surface area contributed by atoms with E-state index in [1.54, 1.807) is 24.3 Å². The summed E-state index contributed by atoms with van der Waals surface area (Å²) in [6, 6.07) is 5.54. The fourth-order valence-corrected chi connectivity index (χ4v) is 1.61. The minimum Gasteiger partial charge on any atom is -0.481 e. The van der Waals surface area contributed by atoms with Crippen molar-refractivity contribution in [3.63, 3.8) is 0 Å². The van der Waals surface area contributed by atoms with Gasteiger partial charge in [-0.15, -0.1) is 0 Å². The molecule has 1 aromatic rings. The standard InChI is InChI=1S/C14H18N2O5/c1-9(13(19)21-2)15-14(20)16-11-6-3-10(4-7-11)5-8-12(17)18/h3-4,6-7,9H,5,8H2,1-2H3,(H,17,18)(H2,15,16,20). The maximum absolute atomic E-state index is 11.6. The molecule has 3 N–H and O–H groups in total. The van der Waals surface area contributed by atoms with Crippen molar-refractivity contribution < 1.29 is 24.2 Å². The molecule has 1 rings (SSSR count). The topological polar surface area (TPSA) is 105 Å². The number of hydrogen-bond donors (Lipinski definition) is 3. The van der Waals surface area contributed by atoms with Crippen LogP contribution in [0.15, 0.2) is 24.3 Å². The first-order valence-electron chi connectivity index (χ1n) is 6.38. The highest BCUT2D eigenvalue weighted by Gasteiger charge is 2.15. The summed E-state index contributed by atoms with van der Waals surface area (Å²) in [7, 11) is 1.24. The Bertz CT molecular complexity index is 513. The average Bonchev–Trinajstić information content (AvgIpc) is 2.45. The number of ether oxygens (including phenoxy) is 1. The summed E-state index contributed by atoms with van der Waals surface area (Å²) < 4.78 is 4.50. The quantitative estimate of drug-likeness (QED) is 0.688. The molecule has 1 unspecified atom stereocenters. The Kier molecular flexibility index (Phi) is 6.19. The Morgan fingerprint density at radius 2 is 1.86 bits per heavy atom. The molecule has 2 amide bonds. The van der Waals surface area contributed by atoms with Crippen molar-refractivity contribution in [2.45, 2.75) is 25.8 Å². The van der Waals surface area contributed by atoms with Crippen molar-refractivity contribution >= 4 is 23.7 Å². The Hall–Kier alpha value is -2.57. The zero-order valence-electron chi connectivity index (χ0n) is 11.9. The number of hydrogen-bond acceptors (Lipinski definition) is 4. The number of aryl methyl sites for hydroxylation is 1. The van der Waals surface area contributed by atoms with Crippen LogP contribution in [0.5, 0.6) is 0 Å². The number of benzene rings is 1. The van der Waals surface area contributed by atoms with Crippen molar-refractivity contribution in [2.75, 3.05) is 12.4 Å². The molecule has 7 heteroatoms. The minimum atomic E-state index is -0.853. The van der Waals surface area contributed by atoms with Gasteiger partial charge in [0.15, 0.2) is 0 Å². The fourth-order valence-electron chi connectivity index (χ4n) is 1.61. The van der Waals surface area contributed by atoms with Crippen molar-refractivity contribution in [1.29, 1.82) is 0 Å². The molecule has 0 heterocycles. The summed E-state index contributed by atoms with van der Waals surface area (Å²) in [5.41, 5.74) is 1.41. The van der Waals surface area contributed by atoms with E-state index in [2.05, 4.69) is 15.4 Å². The minimum absolute atomic E-state index is 0.0594. The van der Waals surface area contributed by atoms with E-state index in [1.807, 2.05) is 0 Å². The van der Waals surface area contributed by atoms with E-state index in [1.165, 1.54) is 14.0 Å². The second-order valence-corrected chi connectivity index (χ2v) is 4.43. The van der Waals surface area contributed by atoms with Crippen LogP contribution < -0.4 is 10.6 Å². The number of nitrogens with one attached hydrogen (secondary N) is 2. The summed E-state index contributed by atoms with van der Waals surface area (Å²) in [5.74, 6) is -1.39. The Morgan fingerprint density at radius 1 is 1.24 bits per heavy atom. The number of urea groups is 1. The summed E-state index contributed by atoms with van der Waals surface area (Å²) in [4.78, 5) is 33.3. The number of aliphatic carboxylic acids is 1. The number of carboxylic acids is 1. The van der Waals surface area contributed by atoms with Crippen LogP contribution in [-0.2, 0) is 20.7 Å². The predicted octanol–water partition coefficient (Wildman–Crippen LogP) is 1.39. The molecule has 0 aliphatic carbocycles. The maximum Gasteiger partial charge on any atom is 0.328 e. The SMILES string of the molecule is COC(=O)C(C)NC(=O)Nc1ccc(CCC(=O)O)cc1. The largest absolute Gasteiger partial charge is 0.481 e. The third-order valence-electron chi connectivity index (χ3n) is 2.74. The highest BCUT2D eigenvalue weighted by molar-refractivity contribution is 5.92. The van der Waals surface area contributed by atoms with Gasteiger partial charge in [-0.3, -0.25) is 4.79 Å². The highest BCUT2D eigenvalue weighted by Crippen LogP contribution is 2.11. The van der Waals surface area contributed by atoms with Gasteiger partial charge in [-0.05, 0) is 31.0 Å². The molecule has 1 atom stereocenters. The summed E-state index contributed by atoms with van der Waals surface area (Å²) >= 11 is 0. The molecule has 0 spiro atoms. The van der Waals surface area contributed by atoms with Crippen LogP contribution in [0.3, 0.4) is 0 Å². The first kappa shape index (κ1) is 16.5. The lowest BCUT2D eigenvalue weighted by atomic mass is 10.1. The third-order valence-corrected chi connectivity index (χ3v) is 2.74. The number of rotatable bonds is 6. The van der Waals surface area contributed by atoms with Gasteiger partial charge in [0, 0.05) is 12.1 Å². The molecule has 114 valence electrons. The maximum atomic E-state index is 11.6. The number of methoxy groups -OCH3 is 1. The second kappa shape index (κ2) is 7.88. The van der Waals surface area contributed by atoms with E-state index in [4.69, 9.17) is 5.11 Å². The first-order chi connectivity index (χ1) is 9.92. The smallest absolute Gasteiger partial charge is 0.328 e. The van der Waals surface area contributed by atoms with Crippen LogP contribution in [-0.4, -0.2) is 36.2 Å². The number of carbonyl (C=O) groups excluding carboxylic acids is 2. The number of anilines is 1. The molecule has 1 aromatic carbocycles. The zero-order valence-corrected chi connectivity index (χ0v) is 11.9. The lowest BCUT2D eigenvalue weighted by Crippen LogP contribution is -2.41. The fraction of sp³-hybridized carbons (Fsp3) is 0.357. The molecule has 0 fully saturated rings. The molecule has 0 aliphatic rings. The van der Waals surface area contributed by atoms with Gasteiger partial charge >= 0.3 is 18.0 Å². The predicted molar refractivity (Wildman–Crippen MR) is 76.0 cm³/mol. The van der Waals surface area contributed by atoms with Gasteiger partial charge in [0.1, 0.15) is 6.04 Å². The number of esters is 1. The molecular formula is C14H18N2O5. The van der Waals surface area contributed by atoms with E-state index in [0.717, 1.165) is 5.56 Å². The Morgan fingerprint density at radius 3 is 2.38 bits per heavy atom. The van der Waals surface area contributed by atoms with Crippen LogP contribution in [0.4, 0.5) is 10.5 Å². The van der Waals surface area contributed by atoms with Crippen molar-refractivity contribution in [3.8, 4) is 0 Å². The van der Waals surface area contributed by atoms with Gasteiger partial charge < -0.3 is 20.5 Å². The summed E-state index contributed by atoms with van der Waals surface area (Å²) in [6.45, 7) is 1.51. The summed E-state index contributed by atoms with van der Waals surface area (Å²) in [6.07, 6.45) is 0.491. The molecule has 0 bridgehead atoms. The molecule has 0 saturated heterocycles. The number of amides is 2. The van der Waals surface area contributed by atoms with E-state index >= 15 is 0 Å². The van der Waals surface area contributed by atoms with Crippen molar-refractivity contribution in [2.24, 2.45) is 0 Å². The molecular weight excluding hydrogens is 276 g/mol. The van der Waals surface area contributed by atoms with E-state index in [0.29, 0.717) is 12.1 Å². The van der Waals surface area contributed by atoms with Crippen LogP contribution in [0, 0.1) is 0 Å². The van der Waals surface area contributed by atoms with Gasteiger partial charge in [-0.25, -0.2) is 9.59 Å². The summed E-state index contributed by atoms with van der Waals surface area (Å²) in [5, 5.41) is 13.6. The number of carbonyl (C=O) groups is 3. The monoisotopic (exact) mass is 294 g/mol. The van der Waals surface area contributed by atoms with Gasteiger partial charge in [-0.1, -0.05) is 12.1 Å². The van der Waals surface area contributed by atoms with Gasteiger partial charge in [-0.2, -0.15) is 0 Å². The lowest BCUT2D eigenvalue weighted by molar-refractivity contribution is -0.142. The third kappa shape index (κ3) is 5.94. The molecule has 7 nitrogen and oxygen atoms in total. The van der Waals surface area contributed by atoms with E-state index < -0.39 is 24.0 Å². The van der Waals surface area contributed by atoms with E-state index in [9.17, 15) is 14.4 Å². The Labute approximate surface area is 122 Å². The average molecular weight is 294 g/mol. The van der Waals surface area contributed by atoms with Gasteiger partial charge in [0.05, 0.1) is 7.11 Å². The highest BCUT2D eigenvalue weighted by atomic mass is 16.5. The van der Waals surface area contributed by atoms with Crippen molar-refractivity contribution in [3.05, 3.63) is 29.8 Å². The molecule has 0 radical (unpaired) electrons. The molecule has 0 saturated carbocycles. The Balaban J connectivity index is 2.49. The van der Waals surface area contributed by atoms with Gasteiger partial charge in [0.25, 0.3) is 0 Å². The van der Waals surface area contributed by atoms with Crippen molar-refractivity contribution in [1.82, 2.24) is 5.32 Å².